The standard InChI is InChI=1S/C43H53NO14.C11H16N4O4/c1-22-26(55-37(51)32(48)30(24-15-11-9-12-16-24)44-38(52)58-39(3,4)5)20-43(53)35(56-36(50)25-17-13-10-14-18-25)33-41(8,34(49)31(47)29(22)40(43,6)7)27(46)19-28-42(33,21-54-28)57-23(2)45;1-7(15-5-10(18)13-11(19)6-15)2-14-3-8(16)12-9(17)4-14/h9-18,26-28,30-33,35,46-48,53H,19-21H2,1-8H3,(H,44,52);7H,2-6H2,1H3,(H,12,16,17)(H,13,18,19)/t26-,27-,28+,30-,31+,32+,33-,35-,41+,42-,43+;7-/m00/s1. The highest BCUT2D eigenvalue weighted by atomic mass is 16.6. The third kappa shape index (κ3) is 11.6. The van der Waals surface area contributed by atoms with Crippen LogP contribution in [0, 0.1) is 16.7 Å². The van der Waals surface area contributed by atoms with Gasteiger partial charge in [0.2, 0.25) is 23.6 Å². The predicted octanol–water partition coefficient (Wildman–Crippen LogP) is 0.551. The summed E-state index contributed by atoms with van der Waals surface area (Å²) >= 11 is 0. The van der Waals surface area contributed by atoms with Crippen LogP contribution in [0.15, 0.2) is 71.8 Å². The third-order valence-corrected chi connectivity index (χ3v) is 15.7. The molecule has 2 saturated carbocycles. The lowest BCUT2D eigenvalue weighted by molar-refractivity contribution is -0.346. The van der Waals surface area contributed by atoms with E-state index in [1.54, 1.807) is 92.9 Å². The van der Waals surface area contributed by atoms with E-state index in [1.807, 2.05) is 6.92 Å². The van der Waals surface area contributed by atoms with E-state index in [0.717, 1.165) is 6.92 Å². The molecule has 6 aliphatic rings. The average Bonchev–Trinajstić information content (AvgIpc) is 3.54. The van der Waals surface area contributed by atoms with Crippen molar-refractivity contribution in [3.8, 4) is 0 Å². The summed E-state index contributed by atoms with van der Waals surface area (Å²) in [5.41, 5.74) is -8.14. The van der Waals surface area contributed by atoms with Gasteiger partial charge in [-0.05, 0) is 70.4 Å². The molecule has 0 spiro atoms. The highest BCUT2D eigenvalue weighted by Gasteiger charge is 2.78. The number of alkyl carbamates (subject to hydrolysis) is 1. The molecule has 12 atom stereocenters. The van der Waals surface area contributed by atoms with Gasteiger partial charge in [0, 0.05) is 37.8 Å². The van der Waals surface area contributed by atoms with Crippen molar-refractivity contribution in [3.63, 3.8) is 0 Å². The van der Waals surface area contributed by atoms with E-state index in [-0.39, 0.29) is 85.6 Å². The lowest BCUT2D eigenvalue weighted by Gasteiger charge is -2.67. The van der Waals surface area contributed by atoms with Gasteiger partial charge in [0.25, 0.3) is 0 Å². The first-order chi connectivity index (χ1) is 35.9. The van der Waals surface area contributed by atoms with Crippen LogP contribution in [-0.4, -0.2) is 182 Å². The molecule has 0 aromatic heterocycles. The van der Waals surface area contributed by atoms with Crippen molar-refractivity contribution in [1.29, 1.82) is 0 Å². The van der Waals surface area contributed by atoms with Gasteiger partial charge in [0.15, 0.2) is 17.5 Å². The predicted molar refractivity (Wildman–Crippen MR) is 267 cm³/mol. The van der Waals surface area contributed by atoms with Crippen LogP contribution in [0.1, 0.15) is 97.1 Å². The molecule has 2 bridgehead atoms. The van der Waals surface area contributed by atoms with Gasteiger partial charge in [0.1, 0.15) is 35.6 Å². The Bertz CT molecular complexity index is 2660. The number of imide groups is 2. The number of fused-ring (bicyclic) bond motifs is 5. The smallest absolute Gasteiger partial charge is 0.408 e. The molecule has 3 heterocycles. The number of esters is 3. The van der Waals surface area contributed by atoms with Crippen molar-refractivity contribution < 1.29 is 87.3 Å². The number of nitrogens with one attached hydrogen (secondary N) is 3. The van der Waals surface area contributed by atoms with Crippen molar-refractivity contribution in [2.45, 2.75) is 141 Å². The Hall–Kier alpha value is -6.47. The fourth-order valence-electron chi connectivity index (χ4n) is 11.8. The number of benzene rings is 2. The summed E-state index contributed by atoms with van der Waals surface area (Å²) in [5, 5.41) is 56.0. The number of aliphatic hydroxyl groups is 4. The molecule has 23 heteroatoms. The largest absolute Gasteiger partial charge is 0.456 e. The van der Waals surface area contributed by atoms with Crippen LogP contribution in [0.25, 0.3) is 0 Å². The van der Waals surface area contributed by atoms with Crippen LogP contribution in [0.4, 0.5) is 4.79 Å². The number of ketones is 1. The number of piperazine rings is 2. The number of carbonyl (C=O) groups is 9. The molecule has 3 saturated heterocycles. The van der Waals surface area contributed by atoms with E-state index >= 15 is 0 Å². The zero-order chi connectivity index (χ0) is 56.7. The van der Waals surface area contributed by atoms with E-state index < -0.39 is 112 Å². The summed E-state index contributed by atoms with van der Waals surface area (Å²) in [6.07, 6.45) is -11.5. The van der Waals surface area contributed by atoms with Gasteiger partial charge in [-0.2, -0.15) is 0 Å². The van der Waals surface area contributed by atoms with Crippen LogP contribution in [0.3, 0.4) is 0 Å². The Morgan fingerprint density at radius 2 is 1.42 bits per heavy atom. The van der Waals surface area contributed by atoms with Gasteiger partial charge < -0.3 is 49.4 Å². The second-order valence-electron chi connectivity index (χ2n) is 22.4. The van der Waals surface area contributed by atoms with Gasteiger partial charge >= 0.3 is 24.0 Å². The molecule has 2 aromatic carbocycles. The molecule has 23 nitrogen and oxygen atoms in total. The molecule has 0 radical (unpaired) electrons. The molecule has 7 N–H and O–H groups in total. The van der Waals surface area contributed by atoms with Gasteiger partial charge in [-0.1, -0.05) is 62.4 Å². The lowest BCUT2D eigenvalue weighted by atomic mass is 9.44. The average molecular weight is 1080 g/mol. The second-order valence-corrected chi connectivity index (χ2v) is 22.4. The van der Waals surface area contributed by atoms with Crippen molar-refractivity contribution >= 4 is 53.4 Å². The number of hydrogen-bond donors (Lipinski definition) is 7. The topological polar surface area (TPSA) is 323 Å². The van der Waals surface area contributed by atoms with Crippen LogP contribution in [0.2, 0.25) is 0 Å². The van der Waals surface area contributed by atoms with Crippen LogP contribution >= 0.6 is 0 Å². The van der Waals surface area contributed by atoms with Gasteiger partial charge in [0.05, 0.1) is 61.8 Å². The summed E-state index contributed by atoms with van der Waals surface area (Å²) in [4.78, 5) is 117. The number of rotatable bonds is 11. The number of Topliss-reactive ketones (excluding diaryl/α,β-unsaturated/α-hetero) is 1. The third-order valence-electron chi connectivity index (χ3n) is 15.7. The minimum atomic E-state index is -2.35. The molecule has 5 fully saturated rings. The number of nitrogens with zero attached hydrogens (tertiary/aromatic N) is 2. The van der Waals surface area contributed by atoms with E-state index in [4.69, 9.17) is 23.7 Å². The van der Waals surface area contributed by atoms with E-state index in [2.05, 4.69) is 16.0 Å². The summed E-state index contributed by atoms with van der Waals surface area (Å²) < 4.78 is 29.5. The number of ether oxygens (including phenoxy) is 5. The molecule has 2 aromatic rings. The summed E-state index contributed by atoms with van der Waals surface area (Å²) in [6.45, 7) is 14.7. The fourth-order valence-corrected chi connectivity index (χ4v) is 11.8. The van der Waals surface area contributed by atoms with Gasteiger partial charge in [-0.25, -0.2) is 14.4 Å². The maximum absolute atomic E-state index is 14.9. The molecular formula is C54H69N5O18. The number of hydrogen-bond acceptors (Lipinski definition) is 20. The van der Waals surface area contributed by atoms with Crippen LogP contribution < -0.4 is 16.0 Å². The second kappa shape index (κ2) is 22.1. The van der Waals surface area contributed by atoms with E-state index in [9.17, 15) is 63.6 Å². The molecule has 8 rings (SSSR count). The zero-order valence-electron chi connectivity index (χ0n) is 44.5. The Morgan fingerprint density at radius 3 is 1.95 bits per heavy atom. The molecule has 5 amide bonds. The van der Waals surface area contributed by atoms with Crippen molar-refractivity contribution in [2.24, 2.45) is 16.7 Å². The van der Waals surface area contributed by atoms with Crippen LogP contribution in [-0.2, 0) is 57.2 Å². The summed E-state index contributed by atoms with van der Waals surface area (Å²) in [7, 11) is 0. The highest BCUT2D eigenvalue weighted by molar-refractivity contribution is 6.00. The maximum Gasteiger partial charge on any atom is 0.408 e. The molecule has 0 unspecified atom stereocenters. The molecular weight excluding hydrogens is 1010 g/mol. The minimum Gasteiger partial charge on any atom is -0.456 e. The minimum absolute atomic E-state index is 0.0637. The van der Waals surface area contributed by atoms with Crippen molar-refractivity contribution in [1.82, 2.24) is 25.8 Å². The Labute approximate surface area is 444 Å². The molecule has 418 valence electrons. The van der Waals surface area contributed by atoms with Gasteiger partial charge in [-0.15, -0.1) is 0 Å². The number of amides is 5. The van der Waals surface area contributed by atoms with E-state index in [0.29, 0.717) is 12.1 Å². The summed E-state index contributed by atoms with van der Waals surface area (Å²) in [6, 6.07) is 14.5. The monoisotopic (exact) mass is 1080 g/mol. The first kappa shape index (κ1) is 58.2. The maximum atomic E-state index is 14.9. The van der Waals surface area contributed by atoms with Crippen molar-refractivity contribution in [2.75, 3.05) is 39.3 Å². The first-order valence-electron chi connectivity index (χ1n) is 25.4. The highest BCUT2D eigenvalue weighted by Crippen LogP contribution is 2.64. The number of carbonyl (C=O) groups excluding carboxylic acids is 9. The van der Waals surface area contributed by atoms with E-state index in [1.165, 1.54) is 26.0 Å². The number of aliphatic hydroxyl groups excluding tert-OH is 3. The Kier molecular flexibility index (Phi) is 16.7. The normalized spacial score (nSPS) is 31.3. The van der Waals surface area contributed by atoms with Gasteiger partial charge in [-0.3, -0.25) is 49.2 Å². The summed E-state index contributed by atoms with van der Waals surface area (Å²) in [5.74, 6) is -6.66. The lowest BCUT2D eigenvalue weighted by Crippen LogP contribution is -2.81. The molecule has 3 aliphatic heterocycles. The Morgan fingerprint density at radius 1 is 0.857 bits per heavy atom. The zero-order valence-corrected chi connectivity index (χ0v) is 44.5. The SMILES string of the molecule is CC(=O)O[C@@]12CO[C@@H]1C[C@H](O)[C@@]1(C)C(=O)[C@H](O)C3=C(C)[C@@H](OC(=O)[C@H](O)[C@@H](NC(=O)OC(C)(C)C)c4ccccc4)C[C@@](O)([C@@H](OC(=O)c4ccccc4)[C@H]21)C3(C)C.C[C@@H](CN1CC(=O)NC(=O)C1)N1CC(=O)NC(=O)C1. The molecule has 3 aliphatic carbocycles. The van der Waals surface area contributed by atoms with Crippen molar-refractivity contribution in [3.05, 3.63) is 82.9 Å². The quantitative estimate of drug-likeness (QED) is 0.0699. The van der Waals surface area contributed by atoms with Crippen LogP contribution in [0.5, 0.6) is 0 Å². The fraction of sp³-hybridized carbons (Fsp3) is 0.574. The molecule has 77 heavy (non-hydrogen) atoms. The first-order valence-corrected chi connectivity index (χ1v) is 25.4. The Balaban J connectivity index is 0.000000380.